The first kappa shape index (κ1) is 30.4. The van der Waals surface area contributed by atoms with Crippen LogP contribution >= 0.6 is 15.9 Å². The molecule has 1 amide bonds. The van der Waals surface area contributed by atoms with Crippen molar-refractivity contribution >= 4 is 28.1 Å². The van der Waals surface area contributed by atoms with Crippen LogP contribution in [0.25, 0.3) is 0 Å². The third-order valence-corrected chi connectivity index (χ3v) is 11.0. The van der Waals surface area contributed by atoms with E-state index in [-0.39, 0.29) is 41.0 Å². The van der Waals surface area contributed by atoms with Crippen molar-refractivity contribution in [3.63, 3.8) is 0 Å². The third-order valence-electron chi connectivity index (χ3n) is 10.3. The van der Waals surface area contributed by atoms with Crippen molar-refractivity contribution < 1.29 is 14.7 Å². The number of nitrogens with two attached hydrogens (primary N) is 1. The molecule has 218 valence electrons. The first-order chi connectivity index (χ1) is 18.2. The monoisotopic (exact) mass is 597 g/mol. The van der Waals surface area contributed by atoms with Gasteiger partial charge in [-0.1, -0.05) is 43.1 Å². The zero-order valence-electron chi connectivity index (χ0n) is 23.9. The maximum atomic E-state index is 13.8. The van der Waals surface area contributed by atoms with Crippen LogP contribution in [0.15, 0.2) is 0 Å². The van der Waals surface area contributed by atoms with E-state index in [1.165, 1.54) is 26.2 Å². The number of hydrogen-bond acceptors (Lipinski definition) is 7. The molecule has 5 aliphatic rings. The van der Waals surface area contributed by atoms with Crippen molar-refractivity contribution in [1.82, 2.24) is 20.7 Å². The fourth-order valence-corrected chi connectivity index (χ4v) is 8.60. The summed E-state index contributed by atoms with van der Waals surface area (Å²) in [5, 5.41) is 17.2. The molecule has 8 nitrogen and oxygen atoms in total. The molecule has 0 spiro atoms. The number of alkyl halides is 1. The Morgan fingerprint density at radius 3 is 2.39 bits per heavy atom. The number of fused-ring (bicyclic) bond motifs is 1. The van der Waals surface area contributed by atoms with Crippen LogP contribution in [-0.2, 0) is 9.59 Å². The Bertz CT molecular complexity index is 800. The molecule has 2 aliphatic carbocycles. The molecular formula is C29H52BrN5O3. The molecule has 9 heteroatoms. The number of hydrazine groups is 1. The molecule has 38 heavy (non-hydrogen) atoms. The number of nitrogens with zero attached hydrogens (tertiary/aromatic N) is 2. The number of aldehydes is 1. The summed E-state index contributed by atoms with van der Waals surface area (Å²) in [6, 6.07) is 1.02. The largest absolute Gasteiger partial charge is 0.391 e. The maximum Gasteiger partial charge on any atom is 0.228 e. The molecule has 2 saturated carbocycles. The molecule has 0 aromatic heterocycles. The molecule has 5 fully saturated rings. The maximum absolute atomic E-state index is 13.8. The highest BCUT2D eigenvalue weighted by Crippen LogP contribution is 2.47. The van der Waals surface area contributed by atoms with Crippen LogP contribution in [-0.4, -0.2) is 81.6 Å². The lowest BCUT2D eigenvalue weighted by atomic mass is 9.74. The van der Waals surface area contributed by atoms with Gasteiger partial charge in [-0.2, -0.15) is 0 Å². The number of amides is 1. The van der Waals surface area contributed by atoms with Crippen molar-refractivity contribution in [3.8, 4) is 0 Å². The van der Waals surface area contributed by atoms with Gasteiger partial charge in [0.15, 0.2) is 0 Å². The Kier molecular flexibility index (Phi) is 10.7. The molecule has 3 aliphatic heterocycles. The quantitative estimate of drug-likeness (QED) is 0.211. The molecule has 3 heterocycles. The van der Waals surface area contributed by atoms with E-state index in [9.17, 15) is 9.90 Å². The number of hydrogen-bond donors (Lipinski definition) is 4. The number of piperidine rings is 2. The van der Waals surface area contributed by atoms with Crippen molar-refractivity contribution in [3.05, 3.63) is 0 Å². The molecule has 5 rings (SSSR count). The molecule has 0 aromatic carbocycles. The topological polar surface area (TPSA) is 111 Å². The Hall–Kier alpha value is -0.580. The lowest BCUT2D eigenvalue weighted by Gasteiger charge is -2.49. The summed E-state index contributed by atoms with van der Waals surface area (Å²) in [5.74, 6) is 2.58. The van der Waals surface area contributed by atoms with E-state index in [0.29, 0.717) is 30.5 Å². The second-order valence-corrected chi connectivity index (χ2v) is 13.7. The second kappa shape index (κ2) is 13.4. The van der Waals surface area contributed by atoms with E-state index in [2.05, 4.69) is 57.4 Å². The number of nitrogens with one attached hydrogen (secondary N) is 2. The van der Waals surface area contributed by atoms with Crippen LogP contribution in [0.1, 0.15) is 85.5 Å². The fraction of sp³-hybridized carbons (Fsp3) is 0.931. The second-order valence-electron chi connectivity index (χ2n) is 12.6. The van der Waals surface area contributed by atoms with Gasteiger partial charge in [0, 0.05) is 43.2 Å². The number of halogens is 1. The molecule has 5 N–H and O–H groups in total. The van der Waals surface area contributed by atoms with Crippen LogP contribution in [0.2, 0.25) is 0 Å². The number of carbonyl (C=O) groups excluding carboxylic acids is 2. The summed E-state index contributed by atoms with van der Waals surface area (Å²) >= 11 is 3.61. The first-order valence-corrected chi connectivity index (χ1v) is 16.2. The highest BCUT2D eigenvalue weighted by atomic mass is 79.9. The van der Waals surface area contributed by atoms with Gasteiger partial charge in [0.2, 0.25) is 5.91 Å². The number of aliphatic hydroxyl groups is 1. The Labute approximate surface area is 238 Å². The SMILES string of the molecule is CC=O.CCC(C)C1NN(C2CCC(C3CC3)CC2O)C2CCN(C(=O)C3CNC(Br)CC3N)C(CC)C12. The van der Waals surface area contributed by atoms with Crippen molar-refractivity contribution in [2.75, 3.05) is 13.1 Å². The van der Waals surface area contributed by atoms with Crippen LogP contribution in [0.3, 0.4) is 0 Å². The van der Waals surface area contributed by atoms with E-state index in [1.54, 1.807) is 0 Å². The number of carbonyl (C=O) groups is 2. The third kappa shape index (κ3) is 6.33. The molecule has 0 radical (unpaired) electrons. The first-order valence-electron chi connectivity index (χ1n) is 15.3. The molecular weight excluding hydrogens is 546 g/mol. The van der Waals surface area contributed by atoms with Crippen LogP contribution < -0.4 is 16.5 Å². The number of likely N-dealkylation sites (tertiary alicyclic amines) is 1. The summed E-state index contributed by atoms with van der Waals surface area (Å²) in [5.41, 5.74) is 10.4. The van der Waals surface area contributed by atoms with Crippen molar-refractivity contribution in [2.45, 2.75) is 127 Å². The van der Waals surface area contributed by atoms with Gasteiger partial charge in [-0.15, -0.1) is 0 Å². The van der Waals surface area contributed by atoms with Gasteiger partial charge in [0.1, 0.15) is 6.29 Å². The van der Waals surface area contributed by atoms with Crippen molar-refractivity contribution in [2.24, 2.45) is 35.3 Å². The minimum absolute atomic E-state index is 0.108. The number of aliphatic hydroxyl groups excluding tert-OH is 1. The minimum atomic E-state index is -0.249. The average molecular weight is 599 g/mol. The standard InChI is InChI=1S/C27H48BrN5O2.C2H4O/c1-4-15(3)26-25-20(5-2)32(27(35)18-14-30-24(28)13-19(18)29)11-10-22(25)33(31-26)21-9-8-17(12-23(21)34)16-6-7-16;1-2-3/h15-26,30-31,34H,4-14,29H2,1-3H3;2H,1H3. The van der Waals surface area contributed by atoms with Gasteiger partial charge < -0.3 is 25.9 Å². The minimum Gasteiger partial charge on any atom is -0.391 e. The van der Waals surface area contributed by atoms with E-state index >= 15 is 0 Å². The summed E-state index contributed by atoms with van der Waals surface area (Å²) in [6.07, 6.45) is 10.3. The summed E-state index contributed by atoms with van der Waals surface area (Å²) in [4.78, 5) is 25.0. The predicted molar refractivity (Wildman–Crippen MR) is 154 cm³/mol. The summed E-state index contributed by atoms with van der Waals surface area (Å²) in [7, 11) is 0. The van der Waals surface area contributed by atoms with Gasteiger partial charge >= 0.3 is 0 Å². The van der Waals surface area contributed by atoms with Gasteiger partial charge in [-0.05, 0) is 76.0 Å². The van der Waals surface area contributed by atoms with Crippen LogP contribution in [0, 0.1) is 29.6 Å². The molecule has 0 aromatic rings. The number of rotatable bonds is 6. The fourth-order valence-electron chi connectivity index (χ4n) is 7.98. The zero-order chi connectivity index (χ0) is 27.6. The van der Waals surface area contributed by atoms with E-state index in [4.69, 9.17) is 10.5 Å². The highest BCUT2D eigenvalue weighted by molar-refractivity contribution is 9.09. The predicted octanol–water partition coefficient (Wildman–Crippen LogP) is 3.02. The van der Waals surface area contributed by atoms with Crippen LogP contribution in [0.4, 0.5) is 0 Å². The van der Waals surface area contributed by atoms with E-state index in [1.807, 2.05) is 0 Å². The lowest BCUT2D eigenvalue weighted by molar-refractivity contribution is -0.144. The molecule has 11 unspecified atom stereocenters. The Balaban J connectivity index is 0.00000107. The summed E-state index contributed by atoms with van der Waals surface area (Å²) in [6.45, 7) is 9.75. The lowest BCUT2D eigenvalue weighted by Crippen LogP contribution is -2.62. The highest BCUT2D eigenvalue weighted by Gasteiger charge is 2.55. The van der Waals surface area contributed by atoms with E-state index < -0.39 is 0 Å². The van der Waals surface area contributed by atoms with Gasteiger partial charge in [0.05, 0.1) is 23.0 Å². The smallest absolute Gasteiger partial charge is 0.228 e. The van der Waals surface area contributed by atoms with Crippen molar-refractivity contribution in [1.29, 1.82) is 0 Å². The Morgan fingerprint density at radius 2 is 1.82 bits per heavy atom. The summed E-state index contributed by atoms with van der Waals surface area (Å²) < 4.78 is 0. The molecule has 0 bridgehead atoms. The van der Waals surface area contributed by atoms with Gasteiger partial charge in [0.25, 0.3) is 0 Å². The average Bonchev–Trinajstić information content (AvgIpc) is 3.68. The van der Waals surface area contributed by atoms with Crippen LogP contribution in [0.5, 0.6) is 0 Å². The van der Waals surface area contributed by atoms with Gasteiger partial charge in [-0.25, -0.2) is 5.01 Å². The van der Waals surface area contributed by atoms with Gasteiger partial charge in [-0.3, -0.25) is 10.2 Å². The normalized spacial score (nSPS) is 42.6. The zero-order valence-corrected chi connectivity index (χ0v) is 25.5. The Morgan fingerprint density at radius 1 is 1.13 bits per heavy atom. The van der Waals surface area contributed by atoms with E-state index in [0.717, 1.165) is 63.2 Å². The molecule has 11 atom stereocenters. The molecule has 3 saturated heterocycles.